The molecule has 1 aromatic rings. The van der Waals surface area contributed by atoms with Crippen LogP contribution in [0.4, 0.5) is 0 Å². The summed E-state index contributed by atoms with van der Waals surface area (Å²) in [4.78, 5) is 0. The van der Waals surface area contributed by atoms with Crippen LogP contribution in [0.3, 0.4) is 0 Å². The molecular weight excluding hydrogens is 262 g/mol. The molecule has 1 aromatic carbocycles. The summed E-state index contributed by atoms with van der Waals surface area (Å²) in [6.07, 6.45) is 13.2. The molecule has 0 unspecified atom stereocenters. The molecule has 0 atom stereocenters. The van der Waals surface area contributed by atoms with E-state index in [2.05, 4.69) is 53.7 Å². The maximum atomic E-state index is 3.71. The molecule has 1 fully saturated rings. The van der Waals surface area contributed by atoms with Gasteiger partial charge >= 0.3 is 0 Å². The van der Waals surface area contributed by atoms with Crippen LogP contribution in [-0.4, -0.2) is 24.1 Å². The number of unbranched alkanes of at least 4 members (excludes halogenated alkanes) is 1. The first-order valence-electron chi connectivity index (χ1n) is 8.14. The third-order valence-electron chi connectivity index (χ3n) is 4.56. The Balaban J connectivity index is 1.57. The summed E-state index contributed by atoms with van der Waals surface area (Å²) in [6.45, 7) is 2.38. The highest BCUT2D eigenvalue weighted by Gasteiger charge is 2.30. The van der Waals surface area contributed by atoms with Crippen molar-refractivity contribution in [3.63, 3.8) is 0 Å². The fourth-order valence-corrected chi connectivity index (χ4v) is 4.13. The van der Waals surface area contributed by atoms with Crippen molar-refractivity contribution in [2.75, 3.05) is 19.3 Å². The molecule has 0 saturated heterocycles. The van der Waals surface area contributed by atoms with Gasteiger partial charge in [0.05, 0.1) is 0 Å². The highest BCUT2D eigenvalue weighted by Crippen LogP contribution is 2.37. The fourth-order valence-electron chi connectivity index (χ4n) is 3.19. The Morgan fingerprint density at radius 1 is 1.05 bits per heavy atom. The van der Waals surface area contributed by atoms with Crippen LogP contribution >= 0.6 is 11.8 Å². The van der Waals surface area contributed by atoms with E-state index in [1.165, 1.54) is 70.0 Å². The molecule has 0 aromatic heterocycles. The van der Waals surface area contributed by atoms with Crippen molar-refractivity contribution < 1.29 is 0 Å². The zero-order chi connectivity index (χ0) is 14.1. The van der Waals surface area contributed by atoms with E-state index in [9.17, 15) is 0 Å². The van der Waals surface area contributed by atoms with Gasteiger partial charge in [-0.15, -0.1) is 0 Å². The van der Waals surface area contributed by atoms with Gasteiger partial charge in [-0.05, 0) is 50.5 Å². The smallest absolute Gasteiger partial charge is 0.0281 e. The normalized spacial score (nSPS) is 18.1. The highest BCUT2D eigenvalue weighted by atomic mass is 32.2. The van der Waals surface area contributed by atoms with Crippen molar-refractivity contribution in [3.8, 4) is 0 Å². The summed E-state index contributed by atoms with van der Waals surface area (Å²) in [6, 6.07) is 10.8. The number of benzene rings is 1. The molecule has 112 valence electrons. The summed E-state index contributed by atoms with van der Waals surface area (Å²) >= 11 is 2.09. The van der Waals surface area contributed by atoms with E-state index in [-0.39, 0.29) is 0 Å². The number of rotatable bonds is 8. The molecule has 0 heterocycles. The monoisotopic (exact) mass is 291 g/mol. The summed E-state index contributed by atoms with van der Waals surface area (Å²) in [5.41, 5.74) is 1.47. The molecule has 0 radical (unpaired) electrons. The molecule has 1 saturated carbocycles. The van der Waals surface area contributed by atoms with E-state index in [1.54, 1.807) is 0 Å². The highest BCUT2D eigenvalue weighted by molar-refractivity contribution is 8.00. The number of aryl methyl sites for hydroxylation is 1. The van der Waals surface area contributed by atoms with Crippen LogP contribution < -0.4 is 5.32 Å². The summed E-state index contributed by atoms with van der Waals surface area (Å²) in [7, 11) is 0. The minimum absolute atomic E-state index is 0.539. The lowest BCUT2D eigenvalue weighted by Gasteiger charge is -2.36. The quantitative estimate of drug-likeness (QED) is 0.699. The lowest BCUT2D eigenvalue weighted by atomic mass is 9.88. The molecule has 1 nitrogen and oxygen atoms in total. The van der Waals surface area contributed by atoms with Gasteiger partial charge in [0.15, 0.2) is 0 Å². The van der Waals surface area contributed by atoms with Crippen LogP contribution in [0.25, 0.3) is 0 Å². The first-order chi connectivity index (χ1) is 9.85. The van der Waals surface area contributed by atoms with Crippen LogP contribution in [0.15, 0.2) is 30.3 Å². The van der Waals surface area contributed by atoms with E-state index < -0.39 is 0 Å². The van der Waals surface area contributed by atoms with Gasteiger partial charge in [-0.3, -0.25) is 0 Å². The van der Waals surface area contributed by atoms with E-state index >= 15 is 0 Å². The predicted octanol–water partition coefficient (Wildman–Crippen LogP) is 4.66. The lowest BCUT2D eigenvalue weighted by Crippen LogP contribution is -2.39. The SMILES string of the molecule is CSC1(CNCCCCc2ccccc2)CCCCC1. The van der Waals surface area contributed by atoms with Crippen LogP contribution in [0.1, 0.15) is 50.5 Å². The third kappa shape index (κ3) is 5.14. The van der Waals surface area contributed by atoms with Crippen molar-refractivity contribution in [2.45, 2.75) is 56.1 Å². The summed E-state index contributed by atoms with van der Waals surface area (Å²) in [5.74, 6) is 0. The van der Waals surface area contributed by atoms with Crippen molar-refractivity contribution in [1.29, 1.82) is 0 Å². The van der Waals surface area contributed by atoms with Gasteiger partial charge in [-0.25, -0.2) is 0 Å². The minimum atomic E-state index is 0.539. The molecule has 0 bridgehead atoms. The molecule has 20 heavy (non-hydrogen) atoms. The van der Waals surface area contributed by atoms with Crippen molar-refractivity contribution >= 4 is 11.8 Å². The number of nitrogens with one attached hydrogen (secondary N) is 1. The molecular formula is C18H29NS. The molecule has 2 rings (SSSR count). The largest absolute Gasteiger partial charge is 0.315 e. The Kier molecular flexibility index (Phi) is 6.95. The number of thioether (sulfide) groups is 1. The van der Waals surface area contributed by atoms with Crippen LogP contribution in [-0.2, 0) is 6.42 Å². The molecule has 2 heteroatoms. The summed E-state index contributed by atoms with van der Waals surface area (Å²) < 4.78 is 0.539. The Labute approximate surface area is 128 Å². The van der Waals surface area contributed by atoms with Crippen LogP contribution in [0.5, 0.6) is 0 Å². The molecule has 1 aliphatic carbocycles. The molecule has 0 spiro atoms. The Hall–Kier alpha value is -0.470. The maximum absolute atomic E-state index is 3.71. The Morgan fingerprint density at radius 2 is 1.80 bits per heavy atom. The Bertz CT molecular complexity index is 357. The lowest BCUT2D eigenvalue weighted by molar-refractivity contribution is 0.378. The third-order valence-corrected chi connectivity index (χ3v) is 5.98. The standard InChI is InChI=1S/C18H29NS/c1-20-18(13-7-3-8-14-18)16-19-15-9-6-12-17-10-4-2-5-11-17/h2,4-5,10-11,19H,3,6-9,12-16H2,1H3. The van der Waals surface area contributed by atoms with Crippen molar-refractivity contribution in [2.24, 2.45) is 0 Å². The molecule has 0 aliphatic heterocycles. The minimum Gasteiger partial charge on any atom is -0.315 e. The molecule has 1 aliphatic rings. The van der Waals surface area contributed by atoms with Gasteiger partial charge < -0.3 is 5.32 Å². The van der Waals surface area contributed by atoms with E-state index in [4.69, 9.17) is 0 Å². The Morgan fingerprint density at radius 3 is 2.50 bits per heavy atom. The maximum Gasteiger partial charge on any atom is 0.0281 e. The van der Waals surface area contributed by atoms with Gasteiger partial charge in [0, 0.05) is 11.3 Å². The zero-order valence-electron chi connectivity index (χ0n) is 12.9. The average molecular weight is 292 g/mol. The fraction of sp³-hybridized carbons (Fsp3) is 0.667. The van der Waals surface area contributed by atoms with Crippen LogP contribution in [0.2, 0.25) is 0 Å². The topological polar surface area (TPSA) is 12.0 Å². The number of hydrogen-bond acceptors (Lipinski definition) is 2. The van der Waals surface area contributed by atoms with Gasteiger partial charge in [-0.2, -0.15) is 11.8 Å². The molecule has 0 amide bonds. The van der Waals surface area contributed by atoms with Crippen molar-refractivity contribution in [3.05, 3.63) is 35.9 Å². The zero-order valence-corrected chi connectivity index (χ0v) is 13.7. The van der Waals surface area contributed by atoms with Crippen molar-refractivity contribution in [1.82, 2.24) is 5.32 Å². The number of hydrogen-bond donors (Lipinski definition) is 1. The first-order valence-corrected chi connectivity index (χ1v) is 9.37. The van der Waals surface area contributed by atoms with Gasteiger partial charge in [0.1, 0.15) is 0 Å². The second kappa shape index (κ2) is 8.74. The van der Waals surface area contributed by atoms with E-state index in [0.29, 0.717) is 4.75 Å². The predicted molar refractivity (Wildman–Crippen MR) is 91.6 cm³/mol. The van der Waals surface area contributed by atoms with Gasteiger partial charge in [0.2, 0.25) is 0 Å². The molecule has 1 N–H and O–H groups in total. The van der Waals surface area contributed by atoms with E-state index in [1.807, 2.05) is 0 Å². The second-order valence-corrected chi connectivity index (χ2v) is 7.34. The van der Waals surface area contributed by atoms with Gasteiger partial charge in [0.25, 0.3) is 0 Å². The van der Waals surface area contributed by atoms with Crippen LogP contribution in [0, 0.1) is 0 Å². The van der Waals surface area contributed by atoms with E-state index in [0.717, 1.165) is 0 Å². The van der Waals surface area contributed by atoms with Gasteiger partial charge in [-0.1, -0.05) is 49.6 Å². The second-order valence-electron chi connectivity index (χ2n) is 6.07. The first kappa shape index (κ1) is 15.9. The average Bonchev–Trinajstić information content (AvgIpc) is 2.53. The summed E-state index contributed by atoms with van der Waals surface area (Å²) in [5, 5.41) is 3.71.